The first-order valence-electron chi connectivity index (χ1n) is 6.72. The van der Waals surface area contributed by atoms with Gasteiger partial charge in [0.05, 0.1) is 16.8 Å². The van der Waals surface area contributed by atoms with E-state index in [0.717, 1.165) is 0 Å². The fourth-order valence-corrected chi connectivity index (χ4v) is 5.85. The highest BCUT2D eigenvalue weighted by atomic mass is 35.5. The molecule has 1 aliphatic heterocycles. The third kappa shape index (κ3) is 3.59. The Morgan fingerprint density at radius 3 is 2.57 bits per heavy atom. The van der Waals surface area contributed by atoms with E-state index in [-0.39, 0.29) is 31.0 Å². The smallest absolute Gasteiger partial charge is 0.213 e. The minimum Gasteiger partial charge on any atom is -0.228 e. The number of hydrogen-bond donors (Lipinski definition) is 0. The lowest BCUT2D eigenvalue weighted by atomic mass is 10.1. The number of sulfone groups is 1. The molecule has 0 saturated carbocycles. The van der Waals surface area contributed by atoms with Gasteiger partial charge in [-0.15, -0.1) is 0 Å². The normalized spacial score (nSPS) is 23.6. The molecule has 0 N–H and O–H groups in total. The minimum absolute atomic E-state index is 0.0134. The molecular weight excluding hydrogens is 334 g/mol. The molecule has 0 amide bonds. The Kier molecular flexibility index (Phi) is 4.97. The summed E-state index contributed by atoms with van der Waals surface area (Å²) in [5, 5.41) is -0.346. The van der Waals surface area contributed by atoms with Crippen LogP contribution < -0.4 is 0 Å². The number of hydrogen-bond acceptors (Lipinski definition) is 4. The zero-order valence-corrected chi connectivity index (χ0v) is 14.1. The van der Waals surface area contributed by atoms with E-state index in [1.54, 1.807) is 31.2 Å². The second-order valence-electron chi connectivity index (χ2n) is 4.97. The van der Waals surface area contributed by atoms with Gasteiger partial charge >= 0.3 is 0 Å². The Morgan fingerprint density at radius 1 is 1.29 bits per heavy atom. The zero-order valence-electron chi connectivity index (χ0n) is 11.7. The van der Waals surface area contributed by atoms with E-state index in [0.29, 0.717) is 10.6 Å². The van der Waals surface area contributed by atoms with Gasteiger partial charge in [-0.25, -0.2) is 21.1 Å². The van der Waals surface area contributed by atoms with Gasteiger partial charge in [0.1, 0.15) is 0 Å². The highest BCUT2D eigenvalue weighted by Gasteiger charge is 2.35. The Balaban J connectivity index is 2.35. The SMILES string of the molecule is CCS(=O)(=O)N1CCC(c2ccccc2Cl)S(=O)(=O)CC1. The van der Waals surface area contributed by atoms with Crippen LogP contribution in [0.3, 0.4) is 0 Å². The molecule has 1 aromatic carbocycles. The Morgan fingerprint density at radius 2 is 1.95 bits per heavy atom. The quantitative estimate of drug-likeness (QED) is 0.833. The number of sulfonamides is 1. The molecule has 1 unspecified atom stereocenters. The molecule has 118 valence electrons. The first kappa shape index (κ1) is 16.7. The molecule has 2 rings (SSSR count). The van der Waals surface area contributed by atoms with Crippen LogP contribution in [0, 0.1) is 0 Å². The summed E-state index contributed by atoms with van der Waals surface area (Å²) in [6.07, 6.45) is 0.227. The molecule has 0 aromatic heterocycles. The third-order valence-electron chi connectivity index (χ3n) is 3.71. The molecule has 1 aliphatic rings. The predicted molar refractivity (Wildman–Crippen MR) is 83.6 cm³/mol. The number of rotatable bonds is 3. The van der Waals surface area contributed by atoms with Crippen LogP contribution in [0.1, 0.15) is 24.2 Å². The summed E-state index contributed by atoms with van der Waals surface area (Å²) in [5.74, 6) is -0.202. The number of halogens is 1. The van der Waals surface area contributed by atoms with Crippen molar-refractivity contribution in [2.24, 2.45) is 0 Å². The van der Waals surface area contributed by atoms with Gasteiger partial charge in [0.15, 0.2) is 9.84 Å². The maximum atomic E-state index is 12.4. The summed E-state index contributed by atoms with van der Waals surface area (Å²) in [4.78, 5) is 0. The van der Waals surface area contributed by atoms with E-state index in [9.17, 15) is 16.8 Å². The van der Waals surface area contributed by atoms with E-state index in [2.05, 4.69) is 0 Å². The molecule has 1 aromatic rings. The number of nitrogens with zero attached hydrogens (tertiary/aromatic N) is 1. The molecule has 1 atom stereocenters. The van der Waals surface area contributed by atoms with Crippen molar-refractivity contribution in [1.29, 1.82) is 0 Å². The molecule has 1 heterocycles. The summed E-state index contributed by atoms with van der Waals surface area (Å²) in [6.45, 7) is 1.77. The Bertz CT molecular complexity index is 715. The molecule has 0 aliphatic carbocycles. The summed E-state index contributed by atoms with van der Waals surface area (Å²) in [6, 6.07) is 6.82. The van der Waals surface area contributed by atoms with E-state index in [1.807, 2.05) is 0 Å². The van der Waals surface area contributed by atoms with Crippen molar-refractivity contribution in [3.05, 3.63) is 34.9 Å². The first-order chi connectivity index (χ1) is 9.78. The van der Waals surface area contributed by atoms with Crippen molar-refractivity contribution >= 4 is 31.5 Å². The van der Waals surface area contributed by atoms with Crippen molar-refractivity contribution in [3.8, 4) is 0 Å². The van der Waals surface area contributed by atoms with E-state index in [1.165, 1.54) is 4.31 Å². The zero-order chi connectivity index (χ0) is 15.7. The largest absolute Gasteiger partial charge is 0.228 e. The molecular formula is C13H18ClNO4S2. The van der Waals surface area contributed by atoms with Gasteiger partial charge in [-0.3, -0.25) is 0 Å². The monoisotopic (exact) mass is 351 g/mol. The standard InChI is InChI=1S/C13H18ClNO4S2/c1-2-21(18,19)15-8-7-13(20(16,17)10-9-15)11-5-3-4-6-12(11)14/h3-6,13H,2,7-10H2,1H3. The maximum Gasteiger partial charge on any atom is 0.213 e. The summed E-state index contributed by atoms with van der Waals surface area (Å²) >= 11 is 6.10. The fraction of sp³-hybridized carbons (Fsp3) is 0.538. The lowest BCUT2D eigenvalue weighted by Crippen LogP contribution is -2.34. The Labute approximate surface area is 130 Å². The van der Waals surface area contributed by atoms with Gasteiger partial charge in [-0.1, -0.05) is 29.8 Å². The minimum atomic E-state index is -3.43. The van der Waals surface area contributed by atoms with Crippen LogP contribution in [0.15, 0.2) is 24.3 Å². The summed E-state index contributed by atoms with van der Waals surface area (Å²) in [7, 11) is -6.80. The van der Waals surface area contributed by atoms with Gasteiger partial charge < -0.3 is 0 Å². The second-order valence-corrected chi connectivity index (χ2v) is 9.93. The van der Waals surface area contributed by atoms with Crippen molar-refractivity contribution in [2.45, 2.75) is 18.6 Å². The third-order valence-corrected chi connectivity index (χ3v) is 8.04. The average Bonchev–Trinajstić information content (AvgIpc) is 2.58. The van der Waals surface area contributed by atoms with Crippen molar-refractivity contribution in [1.82, 2.24) is 4.31 Å². The van der Waals surface area contributed by atoms with Crippen LogP contribution in [-0.4, -0.2) is 45.7 Å². The first-order valence-corrected chi connectivity index (χ1v) is 10.4. The van der Waals surface area contributed by atoms with Gasteiger partial charge in [0.25, 0.3) is 0 Å². The van der Waals surface area contributed by atoms with Crippen LogP contribution in [0.4, 0.5) is 0 Å². The lowest BCUT2D eigenvalue weighted by molar-refractivity contribution is 0.429. The molecule has 8 heteroatoms. The van der Waals surface area contributed by atoms with Crippen LogP contribution in [0.2, 0.25) is 5.02 Å². The highest BCUT2D eigenvalue weighted by Crippen LogP contribution is 2.34. The van der Waals surface area contributed by atoms with Crippen molar-refractivity contribution in [3.63, 3.8) is 0 Å². The van der Waals surface area contributed by atoms with E-state index in [4.69, 9.17) is 11.6 Å². The van der Waals surface area contributed by atoms with Gasteiger partial charge in [0.2, 0.25) is 10.0 Å². The van der Waals surface area contributed by atoms with Crippen LogP contribution >= 0.6 is 11.6 Å². The average molecular weight is 352 g/mol. The molecule has 0 spiro atoms. The molecule has 5 nitrogen and oxygen atoms in total. The van der Waals surface area contributed by atoms with E-state index >= 15 is 0 Å². The van der Waals surface area contributed by atoms with Gasteiger partial charge in [-0.2, -0.15) is 0 Å². The molecule has 1 saturated heterocycles. The van der Waals surface area contributed by atoms with Gasteiger partial charge in [-0.05, 0) is 25.0 Å². The van der Waals surface area contributed by atoms with Crippen molar-refractivity contribution in [2.75, 3.05) is 24.6 Å². The maximum absolute atomic E-state index is 12.4. The van der Waals surface area contributed by atoms with Crippen LogP contribution in [-0.2, 0) is 19.9 Å². The summed E-state index contributed by atoms with van der Waals surface area (Å²) < 4.78 is 50.0. The van der Waals surface area contributed by atoms with Crippen LogP contribution in [0.25, 0.3) is 0 Å². The molecule has 0 radical (unpaired) electrons. The fourth-order valence-electron chi connectivity index (χ4n) is 2.47. The number of benzene rings is 1. The second kappa shape index (κ2) is 6.24. The lowest BCUT2D eigenvalue weighted by Gasteiger charge is -2.18. The van der Waals surface area contributed by atoms with Gasteiger partial charge in [0, 0.05) is 18.1 Å². The van der Waals surface area contributed by atoms with E-state index < -0.39 is 25.1 Å². The highest BCUT2D eigenvalue weighted by molar-refractivity contribution is 7.92. The van der Waals surface area contributed by atoms with Crippen LogP contribution in [0.5, 0.6) is 0 Å². The molecule has 0 bridgehead atoms. The molecule has 1 fully saturated rings. The molecule has 21 heavy (non-hydrogen) atoms. The topological polar surface area (TPSA) is 71.5 Å². The van der Waals surface area contributed by atoms with Crippen molar-refractivity contribution < 1.29 is 16.8 Å². The summed E-state index contributed by atoms with van der Waals surface area (Å²) in [5.41, 5.74) is 0.551. The Hall–Kier alpha value is -0.630. The predicted octanol–water partition coefficient (Wildman–Crippen LogP) is 1.85.